The first-order chi connectivity index (χ1) is 19.0. The number of aliphatic carboxylic acids is 1. The highest BCUT2D eigenvalue weighted by Gasteiger charge is 2.38. The van der Waals surface area contributed by atoms with Crippen molar-refractivity contribution < 1.29 is 56.0 Å². The van der Waals surface area contributed by atoms with Crippen molar-refractivity contribution in [2.45, 2.75) is 30.9 Å². The number of alkyl halides is 6. The summed E-state index contributed by atoms with van der Waals surface area (Å²) >= 11 is 0. The summed E-state index contributed by atoms with van der Waals surface area (Å²) in [6.07, 6.45) is -12.1. The number of aliphatic hydroxyl groups is 1. The van der Waals surface area contributed by atoms with E-state index in [1.165, 1.54) is 12.1 Å². The number of carbonyl (C=O) groups excluding carboxylic acids is 2. The molecule has 11 nitrogen and oxygen atoms in total. The number of halogens is 6. The van der Waals surface area contributed by atoms with E-state index >= 15 is 0 Å². The van der Waals surface area contributed by atoms with Gasteiger partial charge in [0.2, 0.25) is 5.91 Å². The maximum absolute atomic E-state index is 13.2. The Morgan fingerprint density at radius 1 is 1.00 bits per heavy atom. The van der Waals surface area contributed by atoms with Gasteiger partial charge in [0.15, 0.2) is 5.96 Å². The number of nitrogens with zero attached hydrogens (tertiary/aromatic N) is 1. The molecule has 2 aromatic carbocycles. The molecule has 17 heteroatoms. The van der Waals surface area contributed by atoms with E-state index in [4.69, 9.17) is 5.11 Å². The molecule has 0 fully saturated rings. The number of aliphatic hydroxyl groups excluding tert-OH is 1. The van der Waals surface area contributed by atoms with Crippen LogP contribution in [0.1, 0.15) is 39.5 Å². The number of β-amino-alcohol motifs (C(OH)–C–C–N with tert-alkyl or cyclic N) is 1. The second-order valence-corrected chi connectivity index (χ2v) is 8.86. The third kappa shape index (κ3) is 8.99. The first-order valence-electron chi connectivity index (χ1n) is 11.7. The Balaban J connectivity index is 1.74. The predicted octanol–water partition coefficient (Wildman–Crippen LogP) is 2.22. The number of anilines is 1. The van der Waals surface area contributed by atoms with E-state index in [1.807, 2.05) is 5.32 Å². The maximum atomic E-state index is 13.2. The number of hydrogen-bond acceptors (Lipinski definition) is 8. The topological polar surface area (TPSA) is 172 Å². The molecule has 1 heterocycles. The normalized spacial score (nSPS) is 16.2. The molecule has 41 heavy (non-hydrogen) atoms. The number of guanidine groups is 1. The van der Waals surface area contributed by atoms with Gasteiger partial charge in [0.1, 0.15) is 5.75 Å². The van der Waals surface area contributed by atoms with Crippen molar-refractivity contribution in [2.24, 2.45) is 4.99 Å². The van der Waals surface area contributed by atoms with Gasteiger partial charge in [-0.25, -0.2) is 0 Å². The average molecular weight is 591 g/mol. The lowest BCUT2D eigenvalue weighted by Gasteiger charge is -2.21. The number of phenolic OH excluding ortho intramolecular Hbond substituents is 1. The minimum absolute atomic E-state index is 0.109. The zero-order valence-corrected chi connectivity index (χ0v) is 20.7. The van der Waals surface area contributed by atoms with Crippen molar-refractivity contribution in [1.29, 1.82) is 0 Å². The standard InChI is InChI=1S/C24H23F6N5O6/c25-23(26,27)13-1-11(2-14(5-13)24(28,29)30)18(7-20(39)40)35-19(38)10-31-21(41)12-3-15(6-16(36)4-12)34-22-32-8-17(37)9-33-22/h1-6,17-18,36-37H,7-10H2,(H,31,41)(H,35,38)(H,39,40)(H2,32,33,34)/t18-/m0/s1. The lowest BCUT2D eigenvalue weighted by atomic mass is 9.97. The number of benzene rings is 2. The number of rotatable bonds is 8. The van der Waals surface area contributed by atoms with E-state index in [0.717, 1.165) is 6.07 Å². The Kier molecular flexibility index (Phi) is 9.31. The number of aliphatic imine (C=N–C) groups is 1. The fraction of sp³-hybridized carbons (Fsp3) is 0.333. The average Bonchev–Trinajstić information content (AvgIpc) is 2.86. The highest BCUT2D eigenvalue weighted by atomic mass is 19.4. The molecule has 0 aromatic heterocycles. The van der Waals surface area contributed by atoms with Crippen molar-refractivity contribution in [2.75, 3.05) is 25.0 Å². The van der Waals surface area contributed by atoms with Gasteiger partial charge in [-0.15, -0.1) is 0 Å². The molecule has 0 spiro atoms. The van der Waals surface area contributed by atoms with E-state index in [1.54, 1.807) is 0 Å². The summed E-state index contributed by atoms with van der Waals surface area (Å²) in [5, 5.41) is 38.3. The van der Waals surface area contributed by atoms with Crippen LogP contribution in [0, 0.1) is 0 Å². The number of phenols is 1. The summed E-state index contributed by atoms with van der Waals surface area (Å²) < 4.78 is 79.4. The molecule has 0 radical (unpaired) electrons. The van der Waals surface area contributed by atoms with Crippen LogP contribution in [0.15, 0.2) is 41.4 Å². The quantitative estimate of drug-likeness (QED) is 0.229. The number of carbonyl (C=O) groups is 3. The van der Waals surface area contributed by atoms with E-state index < -0.39 is 71.9 Å². The summed E-state index contributed by atoms with van der Waals surface area (Å²) in [5.41, 5.74) is -4.09. The summed E-state index contributed by atoms with van der Waals surface area (Å²) in [4.78, 5) is 40.3. The predicted molar refractivity (Wildman–Crippen MR) is 130 cm³/mol. The van der Waals surface area contributed by atoms with Crippen LogP contribution < -0.4 is 21.3 Å². The fourth-order valence-electron chi connectivity index (χ4n) is 3.68. The number of hydrogen-bond donors (Lipinski definition) is 7. The van der Waals surface area contributed by atoms with Crippen LogP contribution in [0.5, 0.6) is 5.75 Å². The second-order valence-electron chi connectivity index (χ2n) is 8.86. The Hall–Kier alpha value is -4.54. The molecule has 1 aliphatic heterocycles. The van der Waals surface area contributed by atoms with Gasteiger partial charge in [0.05, 0.1) is 42.8 Å². The summed E-state index contributed by atoms with van der Waals surface area (Å²) in [5.74, 6) is -3.75. The number of nitrogens with one attached hydrogen (secondary N) is 4. The van der Waals surface area contributed by atoms with Crippen molar-refractivity contribution in [1.82, 2.24) is 16.0 Å². The number of amides is 2. The molecule has 1 aliphatic rings. The van der Waals surface area contributed by atoms with Crippen LogP contribution in [-0.4, -0.2) is 64.8 Å². The first-order valence-corrected chi connectivity index (χ1v) is 11.7. The zero-order valence-electron chi connectivity index (χ0n) is 20.7. The molecule has 2 amide bonds. The summed E-state index contributed by atoms with van der Waals surface area (Å²) in [7, 11) is 0. The van der Waals surface area contributed by atoms with Gasteiger partial charge in [-0.3, -0.25) is 19.4 Å². The van der Waals surface area contributed by atoms with Gasteiger partial charge in [-0.05, 0) is 35.9 Å². The van der Waals surface area contributed by atoms with Crippen molar-refractivity contribution in [3.63, 3.8) is 0 Å². The summed E-state index contributed by atoms with van der Waals surface area (Å²) in [6, 6.07) is 2.23. The van der Waals surface area contributed by atoms with Gasteiger partial charge >= 0.3 is 18.3 Å². The third-order valence-corrected chi connectivity index (χ3v) is 5.54. The molecule has 2 aromatic rings. The van der Waals surface area contributed by atoms with Crippen LogP contribution in [0.4, 0.5) is 32.0 Å². The SMILES string of the molecule is O=C(O)C[C@H](NC(=O)CNC(=O)c1cc(O)cc(NC2=NCC(O)CN2)c1)c1cc(C(F)(F)F)cc(C(F)(F)F)c1. The lowest BCUT2D eigenvalue weighted by molar-refractivity contribution is -0.143. The van der Waals surface area contributed by atoms with E-state index in [0.29, 0.717) is 12.1 Å². The summed E-state index contributed by atoms with van der Waals surface area (Å²) in [6.45, 7) is -0.532. The molecular formula is C24H23F6N5O6. The van der Waals surface area contributed by atoms with Crippen LogP contribution in [0.3, 0.4) is 0 Å². The molecule has 2 atom stereocenters. The number of aromatic hydroxyl groups is 1. The van der Waals surface area contributed by atoms with E-state index in [9.17, 15) is 50.9 Å². The highest BCUT2D eigenvalue weighted by Crippen LogP contribution is 2.38. The van der Waals surface area contributed by atoms with Gasteiger partial charge < -0.3 is 36.6 Å². The Bertz CT molecular complexity index is 1320. The molecule has 0 aliphatic carbocycles. The van der Waals surface area contributed by atoms with Crippen molar-refractivity contribution in [3.05, 3.63) is 58.7 Å². The monoisotopic (exact) mass is 591 g/mol. The first kappa shape index (κ1) is 31.0. The highest BCUT2D eigenvalue weighted by molar-refractivity contribution is 6.00. The van der Waals surface area contributed by atoms with Gasteiger partial charge in [-0.1, -0.05) is 0 Å². The second kappa shape index (κ2) is 12.3. The number of carboxylic acids is 1. The van der Waals surface area contributed by atoms with Crippen LogP contribution >= 0.6 is 0 Å². The van der Waals surface area contributed by atoms with E-state index in [2.05, 4.69) is 20.9 Å². The van der Waals surface area contributed by atoms with Crippen LogP contribution in [0.25, 0.3) is 0 Å². The van der Waals surface area contributed by atoms with E-state index in [-0.39, 0.29) is 42.1 Å². The zero-order chi connectivity index (χ0) is 30.5. The maximum Gasteiger partial charge on any atom is 0.416 e. The minimum atomic E-state index is -5.20. The Morgan fingerprint density at radius 2 is 1.63 bits per heavy atom. The molecule has 0 bridgehead atoms. The molecule has 0 saturated carbocycles. The Morgan fingerprint density at radius 3 is 2.17 bits per heavy atom. The lowest BCUT2D eigenvalue weighted by Crippen LogP contribution is -2.42. The molecule has 3 rings (SSSR count). The van der Waals surface area contributed by atoms with Gasteiger partial charge in [-0.2, -0.15) is 26.3 Å². The van der Waals surface area contributed by atoms with Crippen LogP contribution in [-0.2, 0) is 21.9 Å². The van der Waals surface area contributed by atoms with Crippen molar-refractivity contribution >= 4 is 29.4 Å². The molecule has 1 unspecified atom stereocenters. The Labute approximate surface area is 227 Å². The van der Waals surface area contributed by atoms with Crippen molar-refractivity contribution in [3.8, 4) is 5.75 Å². The van der Waals surface area contributed by atoms with Gasteiger partial charge in [0, 0.05) is 23.9 Å². The largest absolute Gasteiger partial charge is 0.508 e. The third-order valence-electron chi connectivity index (χ3n) is 5.54. The molecule has 222 valence electrons. The smallest absolute Gasteiger partial charge is 0.416 e. The van der Waals surface area contributed by atoms with Crippen LogP contribution in [0.2, 0.25) is 0 Å². The molecule has 0 saturated heterocycles. The minimum Gasteiger partial charge on any atom is -0.508 e. The fourth-order valence-corrected chi connectivity index (χ4v) is 3.68. The number of carboxylic acid groups (broad SMARTS) is 1. The molecule has 7 N–H and O–H groups in total. The molecular weight excluding hydrogens is 568 g/mol. The van der Waals surface area contributed by atoms with Gasteiger partial charge in [0.25, 0.3) is 5.91 Å².